The smallest absolute Gasteiger partial charge is 0.306 e. The molecular formula is C12H27N3O2. The first-order valence-corrected chi connectivity index (χ1v) is 6.63. The molecular weight excluding hydrogens is 218 g/mol. The molecule has 0 radical (unpaired) electrons. The topological polar surface area (TPSA) is 87.4 Å². The van der Waals surface area contributed by atoms with Crippen molar-refractivity contribution in [3.63, 3.8) is 0 Å². The summed E-state index contributed by atoms with van der Waals surface area (Å²) in [5.41, 5.74) is 5.25. The van der Waals surface area contributed by atoms with Crippen molar-refractivity contribution in [1.82, 2.24) is 11.0 Å². The Morgan fingerprint density at radius 3 is 2.29 bits per heavy atom. The summed E-state index contributed by atoms with van der Waals surface area (Å²) in [5.74, 6) is 4.28. The number of hydrogen-bond donors (Lipinski definition) is 4. The van der Waals surface area contributed by atoms with Crippen LogP contribution in [0.4, 0.5) is 0 Å². The van der Waals surface area contributed by atoms with Gasteiger partial charge in [0.25, 0.3) is 0 Å². The van der Waals surface area contributed by atoms with Crippen LogP contribution in [0, 0.1) is 5.92 Å². The molecule has 0 spiro atoms. The minimum absolute atomic E-state index is 0.144. The number of unbranched alkanes of at least 4 members (excludes halogenated alkanes) is 5. The highest BCUT2D eigenvalue weighted by atomic mass is 16.4. The fourth-order valence-electron chi connectivity index (χ4n) is 1.89. The number of hydrogen-bond acceptors (Lipinski definition) is 4. The molecule has 0 bridgehead atoms. The van der Waals surface area contributed by atoms with E-state index >= 15 is 0 Å². The van der Waals surface area contributed by atoms with Crippen LogP contribution in [0.2, 0.25) is 0 Å². The summed E-state index contributed by atoms with van der Waals surface area (Å²) in [6.07, 6.45) is 8.49. The van der Waals surface area contributed by atoms with Crippen LogP contribution in [0.25, 0.3) is 0 Å². The molecule has 0 fully saturated rings. The van der Waals surface area contributed by atoms with Crippen molar-refractivity contribution in [2.45, 2.75) is 58.3 Å². The van der Waals surface area contributed by atoms with Crippen LogP contribution in [0.3, 0.4) is 0 Å². The van der Waals surface area contributed by atoms with Crippen molar-refractivity contribution >= 4 is 5.97 Å². The van der Waals surface area contributed by atoms with E-state index in [-0.39, 0.29) is 5.92 Å². The van der Waals surface area contributed by atoms with Gasteiger partial charge < -0.3 is 5.11 Å². The number of carboxylic acids is 1. The molecule has 0 aliphatic rings. The van der Waals surface area contributed by atoms with E-state index in [1.807, 2.05) is 6.92 Å². The Kier molecular flexibility index (Phi) is 11.4. The lowest BCUT2D eigenvalue weighted by Gasteiger charge is -2.08. The summed E-state index contributed by atoms with van der Waals surface area (Å²) < 4.78 is 0. The van der Waals surface area contributed by atoms with Gasteiger partial charge in [0.05, 0.1) is 5.92 Å². The average molecular weight is 245 g/mol. The van der Waals surface area contributed by atoms with Gasteiger partial charge in [-0.2, -0.15) is 5.53 Å². The second kappa shape index (κ2) is 11.8. The lowest BCUT2D eigenvalue weighted by atomic mass is 9.98. The Hall–Kier alpha value is -0.650. The molecule has 0 amide bonds. The number of aliphatic carboxylic acids is 1. The van der Waals surface area contributed by atoms with E-state index in [0.29, 0.717) is 0 Å². The van der Waals surface area contributed by atoms with Gasteiger partial charge in [0.2, 0.25) is 0 Å². The summed E-state index contributed by atoms with van der Waals surface area (Å²) in [6, 6.07) is 0. The van der Waals surface area contributed by atoms with Gasteiger partial charge in [-0.25, -0.2) is 5.43 Å². The molecule has 17 heavy (non-hydrogen) atoms. The summed E-state index contributed by atoms with van der Waals surface area (Å²) >= 11 is 0. The first-order chi connectivity index (χ1) is 8.22. The van der Waals surface area contributed by atoms with E-state index in [1.165, 1.54) is 19.3 Å². The van der Waals surface area contributed by atoms with E-state index in [2.05, 4.69) is 11.0 Å². The van der Waals surface area contributed by atoms with E-state index in [1.54, 1.807) is 0 Å². The Balaban J connectivity index is 3.20. The molecule has 102 valence electrons. The summed E-state index contributed by atoms with van der Waals surface area (Å²) in [5, 5.41) is 8.87. The van der Waals surface area contributed by atoms with Crippen LogP contribution in [-0.4, -0.2) is 17.6 Å². The predicted molar refractivity (Wildman–Crippen MR) is 69.1 cm³/mol. The first kappa shape index (κ1) is 16.4. The van der Waals surface area contributed by atoms with Crippen molar-refractivity contribution in [2.75, 3.05) is 6.54 Å². The van der Waals surface area contributed by atoms with Crippen molar-refractivity contribution < 1.29 is 9.90 Å². The lowest BCUT2D eigenvalue weighted by Crippen LogP contribution is -2.38. The maximum atomic E-state index is 10.8. The Morgan fingerprint density at radius 2 is 1.76 bits per heavy atom. The first-order valence-electron chi connectivity index (χ1n) is 6.63. The quantitative estimate of drug-likeness (QED) is 0.239. The van der Waals surface area contributed by atoms with Crippen molar-refractivity contribution in [1.29, 1.82) is 0 Å². The second-order valence-corrected chi connectivity index (χ2v) is 4.42. The normalized spacial score (nSPS) is 12.6. The molecule has 5 nitrogen and oxygen atoms in total. The number of carbonyl (C=O) groups is 1. The third-order valence-electron chi connectivity index (χ3n) is 3.05. The largest absolute Gasteiger partial charge is 0.481 e. The highest BCUT2D eigenvalue weighted by Gasteiger charge is 2.13. The number of carboxylic acid groups (broad SMARTS) is 1. The second-order valence-electron chi connectivity index (χ2n) is 4.42. The minimum Gasteiger partial charge on any atom is -0.481 e. The molecule has 0 aromatic rings. The third-order valence-corrected chi connectivity index (χ3v) is 3.05. The standard InChI is InChI=1S/C12H27N3O2/c1-2-11(12(16)17)9-7-5-3-4-6-8-10-14-15-13/h11,14-15H,2-10,13H2,1H3,(H,16,17). The van der Waals surface area contributed by atoms with Gasteiger partial charge in [-0.05, 0) is 19.3 Å². The Labute approximate surface area is 104 Å². The predicted octanol–water partition coefficient (Wildman–Crippen LogP) is 1.80. The minimum atomic E-state index is -0.646. The number of nitrogens with one attached hydrogen (secondary N) is 2. The summed E-state index contributed by atoms with van der Waals surface area (Å²) in [6.45, 7) is 2.84. The molecule has 5 heteroatoms. The number of rotatable bonds is 12. The molecule has 0 saturated carbocycles. The Morgan fingerprint density at radius 1 is 1.18 bits per heavy atom. The zero-order chi connectivity index (χ0) is 12.9. The molecule has 0 heterocycles. The van der Waals surface area contributed by atoms with Crippen LogP contribution < -0.4 is 16.8 Å². The van der Waals surface area contributed by atoms with Crippen molar-refractivity contribution in [3.8, 4) is 0 Å². The fraction of sp³-hybridized carbons (Fsp3) is 0.917. The highest BCUT2D eigenvalue weighted by molar-refractivity contribution is 5.69. The van der Waals surface area contributed by atoms with E-state index in [9.17, 15) is 4.79 Å². The van der Waals surface area contributed by atoms with Gasteiger partial charge >= 0.3 is 5.97 Å². The van der Waals surface area contributed by atoms with Crippen LogP contribution in [0.1, 0.15) is 58.3 Å². The monoisotopic (exact) mass is 245 g/mol. The zero-order valence-corrected chi connectivity index (χ0v) is 10.9. The van der Waals surface area contributed by atoms with Gasteiger partial charge in [-0.3, -0.25) is 10.6 Å². The lowest BCUT2D eigenvalue weighted by molar-refractivity contribution is -0.142. The van der Waals surface area contributed by atoms with Crippen molar-refractivity contribution in [2.24, 2.45) is 11.8 Å². The van der Waals surface area contributed by atoms with E-state index < -0.39 is 5.97 Å². The SMILES string of the molecule is CCC(CCCCCCCCNNN)C(=O)O. The van der Waals surface area contributed by atoms with E-state index in [0.717, 1.165) is 38.6 Å². The highest BCUT2D eigenvalue weighted by Crippen LogP contribution is 2.15. The molecule has 5 N–H and O–H groups in total. The van der Waals surface area contributed by atoms with E-state index in [4.69, 9.17) is 10.9 Å². The maximum absolute atomic E-state index is 10.8. The van der Waals surface area contributed by atoms with Gasteiger partial charge in [-0.15, -0.1) is 0 Å². The summed E-state index contributed by atoms with van der Waals surface area (Å²) in [4.78, 5) is 10.8. The molecule has 0 saturated heterocycles. The molecule has 1 atom stereocenters. The van der Waals surface area contributed by atoms with Gasteiger partial charge in [0, 0.05) is 6.54 Å². The molecule has 0 aliphatic carbocycles. The molecule has 0 aliphatic heterocycles. The average Bonchev–Trinajstić information content (AvgIpc) is 2.31. The fourth-order valence-corrected chi connectivity index (χ4v) is 1.89. The molecule has 0 aromatic carbocycles. The molecule has 0 aromatic heterocycles. The Bertz CT molecular complexity index is 189. The van der Waals surface area contributed by atoms with Crippen LogP contribution in [0.15, 0.2) is 0 Å². The molecule has 1 unspecified atom stereocenters. The van der Waals surface area contributed by atoms with Gasteiger partial charge in [0.15, 0.2) is 0 Å². The number of nitrogens with two attached hydrogens (primary N) is 1. The van der Waals surface area contributed by atoms with Crippen LogP contribution >= 0.6 is 0 Å². The molecule has 0 rings (SSSR count). The number of hydrazine groups is 2. The summed E-state index contributed by atoms with van der Waals surface area (Å²) in [7, 11) is 0. The van der Waals surface area contributed by atoms with Crippen molar-refractivity contribution in [3.05, 3.63) is 0 Å². The zero-order valence-electron chi connectivity index (χ0n) is 10.9. The van der Waals surface area contributed by atoms with Gasteiger partial charge in [0.1, 0.15) is 0 Å². The van der Waals surface area contributed by atoms with Gasteiger partial charge in [-0.1, -0.05) is 39.0 Å². The maximum Gasteiger partial charge on any atom is 0.306 e. The van der Waals surface area contributed by atoms with Crippen LogP contribution in [0.5, 0.6) is 0 Å². The van der Waals surface area contributed by atoms with Crippen LogP contribution in [-0.2, 0) is 4.79 Å². The third kappa shape index (κ3) is 10.2.